The molecule has 1 aromatic rings. The van der Waals surface area contributed by atoms with Gasteiger partial charge in [-0.15, -0.1) is 6.42 Å². The third kappa shape index (κ3) is 2.29. The normalized spacial score (nSPS) is 30.5. The molecule has 0 amide bonds. The summed E-state index contributed by atoms with van der Waals surface area (Å²) in [4.78, 5) is 11.6. The van der Waals surface area contributed by atoms with E-state index in [1.54, 1.807) is 0 Å². The van der Waals surface area contributed by atoms with Crippen molar-refractivity contribution < 1.29 is 9.53 Å². The van der Waals surface area contributed by atoms with Gasteiger partial charge in [0, 0.05) is 5.92 Å². The number of carbonyl (C=O) groups excluding carboxylic acids is 1. The van der Waals surface area contributed by atoms with Crippen LogP contribution in [0.15, 0.2) is 30.0 Å². The van der Waals surface area contributed by atoms with Crippen molar-refractivity contribution in [3.63, 3.8) is 0 Å². The number of benzene rings is 1. The quantitative estimate of drug-likeness (QED) is 0.443. The van der Waals surface area contributed by atoms with E-state index in [1.165, 1.54) is 29.5 Å². The SMILES string of the molecule is C#CC(=O)OC1=CCC2CC12c1ccc2c(c1)C(C)(C)CCC2(C)C. The fraction of sp³-hybridized carbons (Fsp3) is 0.522. The lowest BCUT2D eigenvalue weighted by atomic mass is 9.62. The van der Waals surface area contributed by atoms with Crippen molar-refractivity contribution in [1.29, 1.82) is 0 Å². The highest BCUT2D eigenvalue weighted by Gasteiger charge is 2.62. The lowest BCUT2D eigenvalue weighted by molar-refractivity contribution is -0.133. The van der Waals surface area contributed by atoms with Gasteiger partial charge >= 0.3 is 5.97 Å². The Morgan fingerprint density at radius 2 is 1.84 bits per heavy atom. The van der Waals surface area contributed by atoms with Crippen molar-refractivity contribution in [2.45, 2.75) is 69.6 Å². The van der Waals surface area contributed by atoms with Crippen LogP contribution in [-0.2, 0) is 25.8 Å². The van der Waals surface area contributed by atoms with Crippen LogP contribution in [0.5, 0.6) is 0 Å². The molecule has 2 atom stereocenters. The molecular formula is C23H26O2. The molecule has 4 rings (SSSR count). The Labute approximate surface area is 150 Å². The third-order valence-electron chi connectivity index (χ3n) is 6.82. The van der Waals surface area contributed by atoms with E-state index in [-0.39, 0.29) is 16.2 Å². The van der Waals surface area contributed by atoms with Crippen LogP contribution < -0.4 is 0 Å². The second kappa shape index (κ2) is 5.01. The Balaban J connectivity index is 1.77. The van der Waals surface area contributed by atoms with E-state index in [2.05, 4.69) is 57.9 Å². The number of ether oxygens (including phenoxy) is 1. The summed E-state index contributed by atoms with van der Waals surface area (Å²) >= 11 is 0. The van der Waals surface area contributed by atoms with E-state index in [0.29, 0.717) is 5.92 Å². The number of hydrogen-bond acceptors (Lipinski definition) is 2. The van der Waals surface area contributed by atoms with Crippen LogP contribution >= 0.6 is 0 Å². The summed E-state index contributed by atoms with van der Waals surface area (Å²) < 4.78 is 5.50. The molecule has 1 aromatic carbocycles. The molecule has 2 heteroatoms. The van der Waals surface area contributed by atoms with E-state index in [0.717, 1.165) is 18.6 Å². The van der Waals surface area contributed by atoms with Crippen LogP contribution in [0.25, 0.3) is 0 Å². The van der Waals surface area contributed by atoms with E-state index < -0.39 is 5.97 Å². The van der Waals surface area contributed by atoms with Gasteiger partial charge in [0.15, 0.2) is 0 Å². The second-order valence-corrected chi connectivity index (χ2v) is 9.24. The highest BCUT2D eigenvalue weighted by molar-refractivity contribution is 5.88. The molecule has 0 radical (unpaired) electrons. The highest BCUT2D eigenvalue weighted by atomic mass is 16.5. The minimum absolute atomic E-state index is 0.126. The summed E-state index contributed by atoms with van der Waals surface area (Å²) in [5.41, 5.74) is 4.48. The predicted octanol–water partition coefficient (Wildman–Crippen LogP) is 4.76. The number of carbonyl (C=O) groups is 1. The molecule has 2 unspecified atom stereocenters. The molecule has 0 saturated heterocycles. The van der Waals surface area contributed by atoms with Crippen molar-refractivity contribution in [2.24, 2.45) is 5.92 Å². The van der Waals surface area contributed by atoms with Gasteiger partial charge in [0.05, 0.1) is 5.41 Å². The molecule has 3 aliphatic rings. The third-order valence-corrected chi connectivity index (χ3v) is 6.82. The maximum Gasteiger partial charge on any atom is 0.389 e. The Bertz CT molecular complexity index is 834. The highest BCUT2D eigenvalue weighted by Crippen LogP contribution is 2.65. The molecule has 0 bridgehead atoms. The lowest BCUT2D eigenvalue weighted by Crippen LogP contribution is -2.34. The first kappa shape index (κ1) is 16.5. The molecule has 1 saturated carbocycles. The first-order valence-corrected chi connectivity index (χ1v) is 9.25. The average Bonchev–Trinajstić information content (AvgIpc) is 3.22. The van der Waals surface area contributed by atoms with Crippen LogP contribution in [0.2, 0.25) is 0 Å². The van der Waals surface area contributed by atoms with Crippen molar-refractivity contribution in [3.8, 4) is 12.3 Å². The van der Waals surface area contributed by atoms with Gasteiger partial charge in [0.2, 0.25) is 0 Å². The Morgan fingerprint density at radius 1 is 1.16 bits per heavy atom. The Hall–Kier alpha value is -2.01. The van der Waals surface area contributed by atoms with Gasteiger partial charge in [0.1, 0.15) is 5.76 Å². The summed E-state index contributed by atoms with van der Waals surface area (Å²) in [7, 11) is 0. The van der Waals surface area contributed by atoms with Crippen molar-refractivity contribution in [3.05, 3.63) is 46.7 Å². The summed E-state index contributed by atoms with van der Waals surface area (Å²) in [6.07, 6.45) is 11.7. The number of esters is 1. The topological polar surface area (TPSA) is 26.3 Å². The van der Waals surface area contributed by atoms with Crippen molar-refractivity contribution >= 4 is 5.97 Å². The number of hydrogen-bond donors (Lipinski definition) is 0. The van der Waals surface area contributed by atoms with Gasteiger partial charge < -0.3 is 4.74 Å². The van der Waals surface area contributed by atoms with Gasteiger partial charge in [-0.05, 0) is 65.2 Å². The van der Waals surface area contributed by atoms with Crippen molar-refractivity contribution in [1.82, 2.24) is 0 Å². The van der Waals surface area contributed by atoms with Gasteiger partial charge in [-0.25, -0.2) is 4.79 Å². The van der Waals surface area contributed by atoms with Gasteiger partial charge in [-0.3, -0.25) is 0 Å². The zero-order valence-corrected chi connectivity index (χ0v) is 15.6. The second-order valence-electron chi connectivity index (χ2n) is 9.24. The largest absolute Gasteiger partial charge is 0.421 e. The van der Waals surface area contributed by atoms with E-state index in [1.807, 2.05) is 0 Å². The standard InChI is InChI=1S/C23H26O2/c1-6-20(24)25-19-10-8-16-14-23(16,19)15-7-9-17-18(13-15)22(4,5)12-11-21(17,2)3/h1,7,9-10,13,16H,8,11-12,14H2,2-5H3. The van der Waals surface area contributed by atoms with Crippen LogP contribution in [0.4, 0.5) is 0 Å². The zero-order valence-electron chi connectivity index (χ0n) is 15.6. The first-order valence-electron chi connectivity index (χ1n) is 9.25. The number of fused-ring (bicyclic) bond motifs is 2. The minimum Gasteiger partial charge on any atom is -0.421 e. The molecule has 0 aliphatic heterocycles. The minimum atomic E-state index is -0.586. The van der Waals surface area contributed by atoms with E-state index >= 15 is 0 Å². The molecule has 0 heterocycles. The van der Waals surface area contributed by atoms with Gasteiger partial charge in [-0.2, -0.15) is 0 Å². The maximum absolute atomic E-state index is 11.6. The molecule has 3 aliphatic carbocycles. The number of rotatable bonds is 2. The molecule has 25 heavy (non-hydrogen) atoms. The smallest absolute Gasteiger partial charge is 0.389 e. The molecule has 130 valence electrons. The molecule has 1 fully saturated rings. The summed E-state index contributed by atoms with van der Waals surface area (Å²) in [5, 5.41) is 0. The summed E-state index contributed by atoms with van der Waals surface area (Å²) in [6.45, 7) is 9.37. The summed E-state index contributed by atoms with van der Waals surface area (Å²) in [5.74, 6) is 2.80. The number of terminal acetylenes is 1. The van der Waals surface area contributed by atoms with Crippen molar-refractivity contribution in [2.75, 3.05) is 0 Å². The van der Waals surface area contributed by atoms with Gasteiger partial charge in [-0.1, -0.05) is 45.9 Å². The lowest BCUT2D eigenvalue weighted by Gasteiger charge is -2.42. The monoisotopic (exact) mass is 334 g/mol. The maximum atomic E-state index is 11.6. The summed E-state index contributed by atoms with van der Waals surface area (Å²) in [6, 6.07) is 6.96. The van der Waals surface area contributed by atoms with Crippen LogP contribution in [0.3, 0.4) is 0 Å². The van der Waals surface area contributed by atoms with E-state index in [4.69, 9.17) is 11.2 Å². The Morgan fingerprint density at radius 3 is 2.48 bits per heavy atom. The fourth-order valence-electron chi connectivity index (χ4n) is 4.97. The number of allylic oxidation sites excluding steroid dienone is 2. The first-order chi connectivity index (χ1) is 11.7. The van der Waals surface area contributed by atoms with Gasteiger partial charge in [0.25, 0.3) is 0 Å². The molecule has 0 N–H and O–H groups in total. The molecular weight excluding hydrogens is 308 g/mol. The molecule has 2 nitrogen and oxygen atoms in total. The molecule has 0 aromatic heterocycles. The zero-order chi connectivity index (χ0) is 18.0. The van der Waals surface area contributed by atoms with Crippen LogP contribution in [0, 0.1) is 18.3 Å². The fourth-order valence-corrected chi connectivity index (χ4v) is 4.97. The average molecular weight is 334 g/mol. The Kier molecular flexibility index (Phi) is 3.30. The van der Waals surface area contributed by atoms with Crippen LogP contribution in [-0.4, -0.2) is 5.97 Å². The predicted molar refractivity (Wildman–Crippen MR) is 99.1 cm³/mol. The van der Waals surface area contributed by atoms with Crippen LogP contribution in [0.1, 0.15) is 70.1 Å². The molecule has 0 spiro atoms. The van der Waals surface area contributed by atoms with E-state index in [9.17, 15) is 4.79 Å².